The zero-order valence-electron chi connectivity index (χ0n) is 26.1. The minimum Gasteiger partial charge on any atom is -0.387 e. The van der Waals surface area contributed by atoms with Gasteiger partial charge in [-0.05, 0) is 67.4 Å². The number of anilines is 3. The molecule has 1 fully saturated rings. The van der Waals surface area contributed by atoms with E-state index in [1.807, 2.05) is 36.4 Å². The van der Waals surface area contributed by atoms with Crippen LogP contribution in [-0.2, 0) is 27.2 Å². The summed E-state index contributed by atoms with van der Waals surface area (Å²) < 4.78 is 7.06. The summed E-state index contributed by atoms with van der Waals surface area (Å²) in [6.45, 7) is 5.92. The fourth-order valence-electron chi connectivity index (χ4n) is 5.11. The second-order valence-corrected chi connectivity index (χ2v) is 11.3. The molecule has 2 aromatic carbocycles. The van der Waals surface area contributed by atoms with Crippen molar-refractivity contribution in [1.82, 2.24) is 30.2 Å². The quantitative estimate of drug-likeness (QED) is 0.0549. The smallest absolute Gasteiger partial charge is 0.226 e. The monoisotopic (exact) mass is 672 g/mol. The van der Waals surface area contributed by atoms with Gasteiger partial charge in [0.15, 0.2) is 23.5 Å². The number of thiocarbonyl (C=S) groups is 1. The van der Waals surface area contributed by atoms with Crippen LogP contribution in [0.25, 0.3) is 11.2 Å². The number of amides is 1. The van der Waals surface area contributed by atoms with Crippen molar-refractivity contribution in [2.24, 2.45) is 4.99 Å². The summed E-state index contributed by atoms with van der Waals surface area (Å²) in [5.74, 6) is 0.426. The van der Waals surface area contributed by atoms with Crippen molar-refractivity contribution in [3.63, 3.8) is 0 Å². The highest BCUT2D eigenvalue weighted by atomic mass is 32.1. The number of hydrogen-bond acceptors (Lipinski definition) is 14. The van der Waals surface area contributed by atoms with E-state index in [0.29, 0.717) is 42.8 Å². The minimum atomic E-state index is -1.38. The van der Waals surface area contributed by atoms with E-state index in [1.165, 1.54) is 17.8 Å². The van der Waals surface area contributed by atoms with Gasteiger partial charge in [-0.25, -0.2) is 4.98 Å². The number of ether oxygens (including phenoxy) is 1. The molecule has 0 aliphatic carbocycles. The predicted molar refractivity (Wildman–Crippen MR) is 183 cm³/mol. The molecule has 1 saturated heterocycles. The third-order valence-electron chi connectivity index (χ3n) is 7.65. The van der Waals surface area contributed by atoms with Crippen LogP contribution in [0.1, 0.15) is 30.7 Å². The van der Waals surface area contributed by atoms with Crippen LogP contribution in [0.3, 0.4) is 0 Å². The van der Waals surface area contributed by atoms with E-state index in [4.69, 9.17) is 10.5 Å². The zero-order valence-corrected chi connectivity index (χ0v) is 26.9. The van der Waals surface area contributed by atoms with Gasteiger partial charge in [0.25, 0.3) is 0 Å². The van der Waals surface area contributed by atoms with Gasteiger partial charge in [-0.15, -0.1) is 0 Å². The van der Waals surface area contributed by atoms with Crippen molar-refractivity contribution < 1.29 is 24.5 Å². The second-order valence-electron chi connectivity index (χ2n) is 11.1. The van der Waals surface area contributed by atoms with Crippen LogP contribution in [0, 0.1) is 0 Å². The van der Waals surface area contributed by atoms with E-state index < -0.39 is 30.3 Å². The number of Topliss-reactive ketones (excluding diaryl/α,β-unsaturated/α-hetero) is 1. The molecule has 2 aromatic heterocycles. The van der Waals surface area contributed by atoms with Crippen LogP contribution in [0.2, 0.25) is 0 Å². The molecule has 8 N–H and O–H groups in total. The number of rotatable bonds is 15. The Kier molecular flexibility index (Phi) is 11.1. The molecule has 0 bridgehead atoms. The highest BCUT2D eigenvalue weighted by molar-refractivity contribution is 7.78. The minimum absolute atomic E-state index is 0.0904. The van der Waals surface area contributed by atoms with E-state index in [1.54, 1.807) is 12.1 Å². The topological polar surface area (TPSA) is 214 Å². The highest BCUT2D eigenvalue weighted by Gasteiger charge is 2.46. The third kappa shape index (κ3) is 8.36. The molecule has 1 amide bonds. The first-order valence-corrected chi connectivity index (χ1v) is 15.5. The van der Waals surface area contributed by atoms with E-state index in [9.17, 15) is 19.8 Å². The number of aliphatic hydroxyl groups excluding tert-OH is 2. The number of imidazole rings is 1. The Morgan fingerprint density at radius 3 is 2.44 bits per heavy atom. The van der Waals surface area contributed by atoms with E-state index in [0.717, 1.165) is 16.8 Å². The molecule has 1 aliphatic rings. The van der Waals surface area contributed by atoms with Crippen LogP contribution in [0.4, 0.5) is 23.1 Å². The molecule has 4 aromatic rings. The lowest BCUT2D eigenvalue weighted by Crippen LogP contribution is -2.34. The van der Waals surface area contributed by atoms with Crippen LogP contribution < -0.4 is 27.0 Å². The molecule has 3 heterocycles. The van der Waals surface area contributed by atoms with Crippen LogP contribution in [0.15, 0.2) is 72.3 Å². The summed E-state index contributed by atoms with van der Waals surface area (Å²) in [6.07, 6.45) is -2.02. The molecule has 0 saturated carbocycles. The second kappa shape index (κ2) is 15.6. The normalized spacial score (nSPS) is 18.6. The number of ketones is 1. The van der Waals surface area contributed by atoms with Gasteiger partial charge in [-0.2, -0.15) is 15.0 Å². The first-order chi connectivity index (χ1) is 23.1. The molecule has 0 radical (unpaired) electrons. The van der Waals surface area contributed by atoms with Gasteiger partial charge >= 0.3 is 0 Å². The molecule has 4 atom stereocenters. The van der Waals surface area contributed by atoms with Crippen LogP contribution in [-0.4, -0.2) is 78.1 Å². The number of hydrogen-bond donors (Lipinski definition) is 7. The van der Waals surface area contributed by atoms with Crippen molar-refractivity contribution in [1.29, 1.82) is 0 Å². The Balaban J connectivity index is 1.05. The number of carbonyl (C=O) groups excluding carboxylic acids is 2. The number of nitrogens with one attached hydrogen (secondary N) is 4. The number of isothiocyanates is 1. The fraction of sp³-hybridized carbons (Fsp3) is 0.312. The average molecular weight is 673 g/mol. The number of carbonyl (C=O) groups is 2. The van der Waals surface area contributed by atoms with Crippen molar-refractivity contribution >= 4 is 63.4 Å². The molecule has 15 nitrogen and oxygen atoms in total. The number of aryl methyl sites for hydroxylation is 1. The van der Waals surface area contributed by atoms with Gasteiger partial charge < -0.3 is 42.0 Å². The maximum Gasteiger partial charge on any atom is 0.226 e. The van der Waals surface area contributed by atoms with E-state index >= 15 is 0 Å². The third-order valence-corrected chi connectivity index (χ3v) is 7.74. The summed E-state index contributed by atoms with van der Waals surface area (Å²) in [5.41, 5.74) is 10.3. The van der Waals surface area contributed by atoms with Crippen LogP contribution in [0.5, 0.6) is 0 Å². The molecule has 16 heteroatoms. The number of fused-ring (bicyclic) bond motifs is 1. The van der Waals surface area contributed by atoms with Crippen LogP contribution >= 0.6 is 12.2 Å². The lowest BCUT2D eigenvalue weighted by molar-refractivity contribution is -0.133. The Hall–Kier alpha value is -5.25. The van der Waals surface area contributed by atoms with Crippen molar-refractivity contribution in [2.45, 2.75) is 50.7 Å². The van der Waals surface area contributed by atoms with Crippen molar-refractivity contribution in [3.05, 3.63) is 78.4 Å². The van der Waals surface area contributed by atoms with Gasteiger partial charge in [-0.3, -0.25) is 14.2 Å². The van der Waals surface area contributed by atoms with Gasteiger partial charge in [0.05, 0.1) is 29.7 Å². The highest BCUT2D eigenvalue weighted by Crippen LogP contribution is 2.32. The number of aliphatic imine (C=N–C) groups is 1. The van der Waals surface area contributed by atoms with Gasteiger partial charge in [0.1, 0.15) is 23.8 Å². The molecule has 1 unspecified atom stereocenters. The Bertz CT molecular complexity index is 1830. The molecule has 5 rings (SSSR count). The Morgan fingerprint density at radius 1 is 1.06 bits per heavy atom. The summed E-state index contributed by atoms with van der Waals surface area (Å²) >= 11 is 4.60. The largest absolute Gasteiger partial charge is 0.387 e. The lowest BCUT2D eigenvalue weighted by atomic mass is 10.1. The van der Waals surface area contributed by atoms with Crippen molar-refractivity contribution in [3.8, 4) is 0 Å². The summed E-state index contributed by atoms with van der Waals surface area (Å²) in [5, 5.41) is 35.2. The molecule has 250 valence electrons. The predicted octanol–water partition coefficient (Wildman–Crippen LogP) is 2.18. The number of aromatic nitrogens is 4. The average Bonchev–Trinajstić information content (AvgIpc) is 3.62. The number of aliphatic hydroxyl groups is 2. The van der Waals surface area contributed by atoms with Gasteiger partial charge in [0.2, 0.25) is 11.9 Å². The van der Waals surface area contributed by atoms with Gasteiger partial charge in [0, 0.05) is 18.7 Å². The standard InChI is InChI=1S/C32H36N10O5S/c1-18(43)28-26(45)27(46)31(47-28)42-16-37-25-29(33)40-32(41-30(25)42)34-14-13-21-5-3-20(4-6-21)7-12-24(44)36-15-35-19(2)39-23-10-8-22(9-11-23)38-17-48/h3-6,8-11,16,26-28,31,35,39,45-46H,2,7,12-15H2,1H3,(H,36,44)(H3,33,34,40,41)/t26-,27?,28-,31-/m1/s1. The van der Waals surface area contributed by atoms with E-state index in [-0.39, 0.29) is 30.0 Å². The lowest BCUT2D eigenvalue weighted by Gasteiger charge is -2.16. The summed E-state index contributed by atoms with van der Waals surface area (Å²) in [7, 11) is 0. The number of nitrogen functional groups attached to an aromatic ring is 1. The Morgan fingerprint density at radius 2 is 1.77 bits per heavy atom. The first-order valence-electron chi connectivity index (χ1n) is 15.1. The molecule has 48 heavy (non-hydrogen) atoms. The molecule has 1 aliphatic heterocycles. The maximum absolute atomic E-state index is 12.3. The van der Waals surface area contributed by atoms with Gasteiger partial charge in [-0.1, -0.05) is 30.8 Å². The Labute approximate surface area is 281 Å². The number of nitrogens with zero attached hydrogens (tertiary/aromatic N) is 5. The first kappa shape index (κ1) is 34.1. The summed E-state index contributed by atoms with van der Waals surface area (Å²) in [4.78, 5) is 41.1. The molecular weight excluding hydrogens is 636 g/mol. The maximum atomic E-state index is 12.3. The SMILES string of the molecule is C=C(NCNC(=O)CCc1ccc(CCNc2nc(N)c3ncn([C@@H]4O[C@H](C(C)=O)[C@H](O)C4O)c3n2)cc1)Nc1ccc(N=C=S)cc1. The molecule has 0 spiro atoms. The number of nitrogens with two attached hydrogens (primary N) is 1. The van der Waals surface area contributed by atoms with Crippen molar-refractivity contribution in [2.75, 3.05) is 29.6 Å². The fourth-order valence-corrected chi connectivity index (χ4v) is 5.21. The number of benzene rings is 2. The summed E-state index contributed by atoms with van der Waals surface area (Å²) in [6, 6.07) is 15.3. The van der Waals surface area contributed by atoms with E-state index in [2.05, 4.69) is 65.2 Å². The zero-order chi connectivity index (χ0) is 34.2. The molecular formula is C32H36N10O5S.